The Hall–Kier alpha value is -2.71. The van der Waals surface area contributed by atoms with Gasteiger partial charge in [-0.3, -0.25) is 4.79 Å². The van der Waals surface area contributed by atoms with Crippen molar-refractivity contribution in [3.8, 4) is 5.75 Å². The van der Waals surface area contributed by atoms with Crippen LogP contribution in [0.3, 0.4) is 0 Å². The number of pyridine rings is 1. The lowest BCUT2D eigenvalue weighted by Crippen LogP contribution is -2.22. The highest BCUT2D eigenvalue weighted by atomic mass is 19.4. The van der Waals surface area contributed by atoms with E-state index in [1.165, 1.54) is 18.3 Å². The summed E-state index contributed by atoms with van der Waals surface area (Å²) in [5.74, 6) is -0.252. The zero-order valence-electron chi connectivity index (χ0n) is 13.0. The minimum atomic E-state index is -4.51. The van der Waals surface area contributed by atoms with Gasteiger partial charge in [-0.1, -0.05) is 6.92 Å². The summed E-state index contributed by atoms with van der Waals surface area (Å²) in [5.41, 5.74) is 0.475. The van der Waals surface area contributed by atoms with Crippen molar-refractivity contribution in [3.63, 3.8) is 0 Å². The van der Waals surface area contributed by atoms with Crippen LogP contribution in [0.5, 0.6) is 5.75 Å². The van der Waals surface area contributed by atoms with Crippen molar-refractivity contribution in [3.05, 3.63) is 41.6 Å². The van der Waals surface area contributed by atoms with E-state index >= 15 is 0 Å². The fourth-order valence-corrected chi connectivity index (χ4v) is 1.89. The number of carbonyl (C=O) groups excluding carboxylic acids is 1. The molecule has 2 aromatic rings. The van der Waals surface area contributed by atoms with Gasteiger partial charge in [-0.2, -0.15) is 13.2 Å². The number of carbonyl (C=O) groups is 1. The van der Waals surface area contributed by atoms with Gasteiger partial charge in [0, 0.05) is 18.0 Å². The molecule has 0 bridgehead atoms. The molecule has 0 fully saturated rings. The van der Waals surface area contributed by atoms with E-state index in [0.717, 1.165) is 5.69 Å². The van der Waals surface area contributed by atoms with Crippen LogP contribution < -0.4 is 10.1 Å². The third-order valence-corrected chi connectivity index (χ3v) is 2.87. The van der Waals surface area contributed by atoms with Crippen LogP contribution in [-0.4, -0.2) is 33.6 Å². The summed E-state index contributed by atoms with van der Waals surface area (Å²) in [4.78, 5) is 24.3. The molecule has 128 valence electrons. The average Bonchev–Trinajstić information content (AvgIpc) is 2.51. The van der Waals surface area contributed by atoms with Gasteiger partial charge in [0.25, 0.3) is 5.91 Å². The van der Waals surface area contributed by atoms with E-state index in [1.807, 2.05) is 6.92 Å². The van der Waals surface area contributed by atoms with E-state index < -0.39 is 18.7 Å². The van der Waals surface area contributed by atoms with Crippen molar-refractivity contribution in [1.29, 1.82) is 0 Å². The van der Waals surface area contributed by atoms with Crippen molar-refractivity contribution < 1.29 is 22.7 Å². The maximum atomic E-state index is 12.3. The quantitative estimate of drug-likeness (QED) is 0.905. The molecule has 1 amide bonds. The Labute approximate surface area is 136 Å². The van der Waals surface area contributed by atoms with Gasteiger partial charge in [0.05, 0.1) is 0 Å². The molecule has 9 heteroatoms. The molecule has 0 saturated heterocycles. The van der Waals surface area contributed by atoms with Crippen LogP contribution in [0.2, 0.25) is 0 Å². The number of hydrogen-bond donors (Lipinski definition) is 1. The highest BCUT2D eigenvalue weighted by Gasteiger charge is 2.29. The number of alkyl halides is 3. The lowest BCUT2D eigenvalue weighted by molar-refractivity contribution is -0.153. The second-order valence-corrected chi connectivity index (χ2v) is 4.85. The van der Waals surface area contributed by atoms with Crippen LogP contribution in [0, 0.1) is 6.92 Å². The lowest BCUT2D eigenvalue weighted by atomic mass is 10.3. The fraction of sp³-hybridized carbons (Fsp3) is 0.333. The zero-order chi connectivity index (χ0) is 17.7. The third kappa shape index (κ3) is 4.90. The molecule has 0 unspecified atom stereocenters. The van der Waals surface area contributed by atoms with Gasteiger partial charge in [-0.25, -0.2) is 15.0 Å². The number of anilines is 1. The van der Waals surface area contributed by atoms with Crippen LogP contribution in [0.1, 0.15) is 28.9 Å². The molecule has 0 atom stereocenters. The number of nitrogens with zero attached hydrogens (tertiary/aromatic N) is 3. The highest BCUT2D eigenvalue weighted by Crippen LogP contribution is 2.21. The van der Waals surface area contributed by atoms with E-state index in [4.69, 9.17) is 0 Å². The topological polar surface area (TPSA) is 77.0 Å². The van der Waals surface area contributed by atoms with Crippen molar-refractivity contribution in [1.82, 2.24) is 15.0 Å². The summed E-state index contributed by atoms with van der Waals surface area (Å²) in [6, 6.07) is 4.22. The molecule has 0 radical (unpaired) electrons. The number of aryl methyl sites for hydroxylation is 2. The molecule has 0 aliphatic heterocycles. The standard InChI is InChI=1S/C15H15F3N4O2/c1-3-10-7-12(21-9(2)20-10)22-14(23)13-11(5-4-6-19-13)24-8-15(16,17)18/h4-7H,3,8H2,1-2H3,(H,20,21,22,23). The minimum absolute atomic E-state index is 0.247. The largest absolute Gasteiger partial charge is 0.482 e. The predicted molar refractivity (Wildman–Crippen MR) is 79.9 cm³/mol. The van der Waals surface area contributed by atoms with E-state index in [1.54, 1.807) is 13.0 Å². The number of rotatable bonds is 5. The molecule has 0 saturated carbocycles. The van der Waals surface area contributed by atoms with Gasteiger partial charge in [-0.05, 0) is 25.5 Å². The summed E-state index contributed by atoms with van der Waals surface area (Å²) in [5, 5.41) is 2.50. The van der Waals surface area contributed by atoms with Crippen LogP contribution >= 0.6 is 0 Å². The van der Waals surface area contributed by atoms with Crippen molar-refractivity contribution in [2.24, 2.45) is 0 Å². The summed E-state index contributed by atoms with van der Waals surface area (Å²) in [6.07, 6.45) is -2.57. The van der Waals surface area contributed by atoms with Crippen LogP contribution in [-0.2, 0) is 6.42 Å². The van der Waals surface area contributed by atoms with Gasteiger partial charge in [0.15, 0.2) is 18.1 Å². The monoisotopic (exact) mass is 340 g/mol. The van der Waals surface area contributed by atoms with Gasteiger partial charge in [0.2, 0.25) is 0 Å². The maximum absolute atomic E-state index is 12.3. The number of nitrogens with one attached hydrogen (secondary N) is 1. The minimum Gasteiger partial charge on any atom is -0.482 e. The molecule has 0 spiro atoms. The first kappa shape index (κ1) is 17.6. The molecule has 6 nitrogen and oxygen atoms in total. The first-order valence-corrected chi connectivity index (χ1v) is 7.09. The maximum Gasteiger partial charge on any atom is 0.422 e. The Morgan fingerprint density at radius 2 is 2.08 bits per heavy atom. The highest BCUT2D eigenvalue weighted by molar-refractivity contribution is 6.04. The van der Waals surface area contributed by atoms with E-state index in [0.29, 0.717) is 12.2 Å². The Bertz CT molecular complexity index is 735. The number of amides is 1. The third-order valence-electron chi connectivity index (χ3n) is 2.87. The summed E-state index contributed by atoms with van der Waals surface area (Å²) >= 11 is 0. The molecular weight excluding hydrogens is 325 g/mol. The van der Waals surface area contributed by atoms with Crippen LogP contribution in [0.25, 0.3) is 0 Å². The SMILES string of the molecule is CCc1cc(NC(=O)c2ncccc2OCC(F)(F)F)nc(C)n1. The number of ether oxygens (including phenoxy) is 1. The molecule has 24 heavy (non-hydrogen) atoms. The number of hydrogen-bond acceptors (Lipinski definition) is 5. The Morgan fingerprint density at radius 1 is 1.33 bits per heavy atom. The molecule has 2 aromatic heterocycles. The number of halogens is 3. The van der Waals surface area contributed by atoms with Gasteiger partial charge < -0.3 is 10.1 Å². The molecule has 2 heterocycles. The van der Waals surface area contributed by atoms with Gasteiger partial charge in [-0.15, -0.1) is 0 Å². The fourth-order valence-electron chi connectivity index (χ4n) is 1.89. The van der Waals surface area contributed by atoms with Gasteiger partial charge in [0.1, 0.15) is 11.6 Å². The first-order valence-electron chi connectivity index (χ1n) is 7.09. The molecule has 0 aliphatic rings. The Morgan fingerprint density at radius 3 is 2.75 bits per heavy atom. The van der Waals surface area contributed by atoms with E-state index in [9.17, 15) is 18.0 Å². The van der Waals surface area contributed by atoms with Crippen LogP contribution in [0.15, 0.2) is 24.4 Å². The molecule has 2 rings (SSSR count). The first-order chi connectivity index (χ1) is 11.3. The molecule has 0 aliphatic carbocycles. The summed E-state index contributed by atoms with van der Waals surface area (Å²) < 4.78 is 41.5. The second kappa shape index (κ2) is 7.24. The summed E-state index contributed by atoms with van der Waals surface area (Å²) in [7, 11) is 0. The Balaban J connectivity index is 2.19. The van der Waals surface area contributed by atoms with Crippen molar-refractivity contribution in [2.75, 3.05) is 11.9 Å². The van der Waals surface area contributed by atoms with E-state index in [-0.39, 0.29) is 17.3 Å². The van der Waals surface area contributed by atoms with Crippen molar-refractivity contribution in [2.45, 2.75) is 26.4 Å². The summed E-state index contributed by atoms with van der Waals surface area (Å²) in [6.45, 7) is 2.06. The predicted octanol–water partition coefficient (Wildman–Crippen LogP) is 2.94. The molecule has 1 N–H and O–H groups in total. The normalized spacial score (nSPS) is 11.2. The lowest BCUT2D eigenvalue weighted by Gasteiger charge is -2.12. The van der Waals surface area contributed by atoms with Crippen LogP contribution in [0.4, 0.5) is 19.0 Å². The van der Waals surface area contributed by atoms with Crippen molar-refractivity contribution >= 4 is 11.7 Å². The van der Waals surface area contributed by atoms with Gasteiger partial charge >= 0.3 is 6.18 Å². The smallest absolute Gasteiger partial charge is 0.422 e. The average molecular weight is 340 g/mol. The van der Waals surface area contributed by atoms with E-state index in [2.05, 4.69) is 25.0 Å². The zero-order valence-corrected chi connectivity index (χ0v) is 13.0. The second-order valence-electron chi connectivity index (χ2n) is 4.85. The molecular formula is C15H15F3N4O2. The number of aromatic nitrogens is 3. The molecule has 0 aromatic carbocycles. The Kier molecular flexibility index (Phi) is 5.32.